The smallest absolute Gasteiger partial charge is 0.258 e. The number of carbonyl (C=O) groups is 1. The average molecular weight is 351 g/mol. The Morgan fingerprint density at radius 3 is 2.92 bits per heavy atom. The normalized spacial score (nSPS) is 17.0. The number of amides is 1. The van der Waals surface area contributed by atoms with Crippen molar-refractivity contribution < 1.29 is 4.79 Å². The first-order valence-electron chi connectivity index (χ1n) is 8.13. The van der Waals surface area contributed by atoms with E-state index < -0.39 is 0 Å². The summed E-state index contributed by atoms with van der Waals surface area (Å²) >= 11 is 1.83. The van der Waals surface area contributed by atoms with E-state index >= 15 is 0 Å². The van der Waals surface area contributed by atoms with E-state index in [0.29, 0.717) is 17.4 Å². The molecule has 2 heterocycles. The lowest BCUT2D eigenvalue weighted by Gasteiger charge is -2.22. The van der Waals surface area contributed by atoms with Crippen LogP contribution in [0.2, 0.25) is 0 Å². The molecule has 0 aliphatic carbocycles. The standard InChI is InChI=1S/C18H17N5OS/c1-13-9-10-22(16-7-2-3-8-17(16)25-13)18(24)14-5-4-6-15(11-14)23-12-19-20-21-23/h2-8,11-13H,9-10H2,1H3. The van der Waals surface area contributed by atoms with Crippen molar-refractivity contribution in [3.63, 3.8) is 0 Å². The molecule has 7 heteroatoms. The number of rotatable bonds is 2. The molecule has 1 aliphatic rings. The van der Waals surface area contributed by atoms with Gasteiger partial charge >= 0.3 is 0 Å². The van der Waals surface area contributed by atoms with Crippen LogP contribution in [0.4, 0.5) is 5.69 Å². The van der Waals surface area contributed by atoms with E-state index in [4.69, 9.17) is 0 Å². The van der Waals surface area contributed by atoms with E-state index in [9.17, 15) is 4.79 Å². The summed E-state index contributed by atoms with van der Waals surface area (Å²) in [6, 6.07) is 15.5. The van der Waals surface area contributed by atoms with Crippen molar-refractivity contribution >= 4 is 23.4 Å². The molecule has 0 spiro atoms. The molecule has 1 aliphatic heterocycles. The Bertz CT molecular complexity index is 896. The van der Waals surface area contributed by atoms with Gasteiger partial charge in [-0.2, -0.15) is 0 Å². The van der Waals surface area contributed by atoms with Gasteiger partial charge in [0.1, 0.15) is 6.33 Å². The molecule has 0 saturated heterocycles. The number of hydrogen-bond donors (Lipinski definition) is 0. The van der Waals surface area contributed by atoms with Crippen LogP contribution in [0.25, 0.3) is 5.69 Å². The zero-order valence-electron chi connectivity index (χ0n) is 13.7. The minimum absolute atomic E-state index is 0.00271. The van der Waals surface area contributed by atoms with Gasteiger partial charge in [0.25, 0.3) is 5.91 Å². The summed E-state index contributed by atoms with van der Waals surface area (Å²) in [5.41, 5.74) is 2.37. The highest BCUT2D eigenvalue weighted by atomic mass is 32.2. The van der Waals surface area contributed by atoms with E-state index in [1.165, 1.54) is 6.33 Å². The third-order valence-electron chi connectivity index (χ3n) is 4.20. The molecule has 1 unspecified atom stereocenters. The predicted octanol–water partition coefficient (Wildman–Crippen LogP) is 3.19. The van der Waals surface area contributed by atoms with Gasteiger partial charge in [-0.1, -0.05) is 25.1 Å². The summed E-state index contributed by atoms with van der Waals surface area (Å²) in [5, 5.41) is 11.7. The Balaban J connectivity index is 1.70. The number of aromatic nitrogens is 4. The first-order chi connectivity index (χ1) is 12.2. The van der Waals surface area contributed by atoms with Gasteiger partial charge in [-0.3, -0.25) is 4.79 Å². The molecule has 0 bridgehead atoms. The molecular formula is C18H17N5OS. The predicted molar refractivity (Wildman–Crippen MR) is 97.2 cm³/mol. The van der Waals surface area contributed by atoms with Crippen molar-refractivity contribution in [3.05, 3.63) is 60.4 Å². The number of tetrazole rings is 1. The lowest BCUT2D eigenvalue weighted by molar-refractivity contribution is 0.0986. The fourth-order valence-corrected chi connectivity index (χ4v) is 4.03. The molecule has 126 valence electrons. The molecule has 2 aromatic carbocycles. The van der Waals surface area contributed by atoms with Gasteiger partial charge in [0, 0.05) is 22.3 Å². The molecule has 1 amide bonds. The van der Waals surface area contributed by atoms with Crippen LogP contribution >= 0.6 is 11.8 Å². The lowest BCUT2D eigenvalue weighted by Crippen LogP contribution is -2.32. The van der Waals surface area contributed by atoms with Crippen LogP contribution in [0.15, 0.2) is 59.8 Å². The third kappa shape index (κ3) is 3.15. The van der Waals surface area contributed by atoms with E-state index in [1.54, 1.807) is 4.68 Å². The van der Waals surface area contributed by atoms with E-state index in [2.05, 4.69) is 28.5 Å². The van der Waals surface area contributed by atoms with Crippen LogP contribution in [-0.4, -0.2) is 37.9 Å². The van der Waals surface area contributed by atoms with Crippen LogP contribution < -0.4 is 4.90 Å². The molecular weight excluding hydrogens is 334 g/mol. The number of anilines is 1. The molecule has 0 N–H and O–H groups in total. The molecule has 1 aromatic heterocycles. The molecule has 0 fully saturated rings. The number of fused-ring (bicyclic) bond motifs is 1. The summed E-state index contributed by atoms with van der Waals surface area (Å²) in [4.78, 5) is 16.2. The van der Waals surface area contributed by atoms with Crippen molar-refractivity contribution in [1.29, 1.82) is 0 Å². The van der Waals surface area contributed by atoms with Gasteiger partial charge in [0.05, 0.1) is 11.4 Å². The molecule has 25 heavy (non-hydrogen) atoms. The van der Waals surface area contributed by atoms with Gasteiger partial charge < -0.3 is 4.90 Å². The molecule has 1 atom stereocenters. The maximum absolute atomic E-state index is 13.2. The first-order valence-corrected chi connectivity index (χ1v) is 9.01. The zero-order chi connectivity index (χ0) is 17.2. The van der Waals surface area contributed by atoms with E-state index in [-0.39, 0.29) is 5.91 Å². The van der Waals surface area contributed by atoms with Gasteiger partial charge in [-0.25, -0.2) is 4.68 Å². The van der Waals surface area contributed by atoms with Crippen molar-refractivity contribution in [2.24, 2.45) is 0 Å². The van der Waals surface area contributed by atoms with Crippen molar-refractivity contribution in [2.75, 3.05) is 11.4 Å². The lowest BCUT2D eigenvalue weighted by atomic mass is 10.1. The Kier molecular flexibility index (Phi) is 4.23. The Morgan fingerprint density at radius 2 is 2.08 bits per heavy atom. The van der Waals surface area contributed by atoms with Gasteiger partial charge in [0.2, 0.25) is 0 Å². The summed E-state index contributed by atoms with van der Waals surface area (Å²) in [6.07, 6.45) is 2.47. The highest BCUT2D eigenvalue weighted by molar-refractivity contribution is 8.00. The monoisotopic (exact) mass is 351 g/mol. The van der Waals surface area contributed by atoms with Crippen molar-refractivity contribution in [3.8, 4) is 5.69 Å². The Labute approximate surface area is 149 Å². The number of benzene rings is 2. The molecule has 4 rings (SSSR count). The SMILES string of the molecule is CC1CCN(C(=O)c2cccc(-n3cnnn3)c2)c2ccccc2S1. The van der Waals surface area contributed by atoms with Gasteiger partial charge in [0.15, 0.2) is 0 Å². The number of para-hydroxylation sites is 1. The fourth-order valence-electron chi connectivity index (χ4n) is 2.91. The quantitative estimate of drug-likeness (QED) is 0.709. The minimum atomic E-state index is -0.00271. The summed E-state index contributed by atoms with van der Waals surface area (Å²) in [6.45, 7) is 2.91. The number of thioether (sulfide) groups is 1. The molecule has 0 radical (unpaired) electrons. The Morgan fingerprint density at radius 1 is 1.20 bits per heavy atom. The van der Waals surface area contributed by atoms with Crippen LogP contribution in [-0.2, 0) is 0 Å². The first kappa shape index (κ1) is 15.8. The molecule has 3 aromatic rings. The maximum Gasteiger partial charge on any atom is 0.258 e. The van der Waals surface area contributed by atoms with Crippen molar-refractivity contribution in [2.45, 2.75) is 23.5 Å². The van der Waals surface area contributed by atoms with Crippen LogP contribution in [0.5, 0.6) is 0 Å². The van der Waals surface area contributed by atoms with Crippen molar-refractivity contribution in [1.82, 2.24) is 20.2 Å². The van der Waals surface area contributed by atoms with E-state index in [1.807, 2.05) is 59.1 Å². The van der Waals surface area contributed by atoms with Crippen LogP contribution in [0.3, 0.4) is 0 Å². The second-order valence-corrected chi connectivity index (χ2v) is 7.43. The largest absolute Gasteiger partial charge is 0.307 e. The summed E-state index contributed by atoms with van der Waals surface area (Å²) in [7, 11) is 0. The molecule has 0 saturated carbocycles. The maximum atomic E-state index is 13.2. The van der Waals surface area contributed by atoms with Gasteiger partial charge in [-0.05, 0) is 47.2 Å². The van der Waals surface area contributed by atoms with Crippen LogP contribution in [0, 0.1) is 0 Å². The highest BCUT2D eigenvalue weighted by Gasteiger charge is 2.25. The average Bonchev–Trinajstić information content (AvgIpc) is 3.12. The topological polar surface area (TPSA) is 63.9 Å². The minimum Gasteiger partial charge on any atom is -0.307 e. The van der Waals surface area contributed by atoms with Crippen LogP contribution in [0.1, 0.15) is 23.7 Å². The number of nitrogens with zero attached hydrogens (tertiary/aromatic N) is 5. The Hall–Kier alpha value is -2.67. The highest BCUT2D eigenvalue weighted by Crippen LogP contribution is 2.37. The summed E-state index contributed by atoms with van der Waals surface area (Å²) < 4.78 is 1.55. The second kappa shape index (κ2) is 6.68. The third-order valence-corrected chi connectivity index (χ3v) is 5.43. The number of carbonyl (C=O) groups excluding carboxylic acids is 1. The number of hydrogen-bond acceptors (Lipinski definition) is 5. The second-order valence-electron chi connectivity index (χ2n) is 5.95. The zero-order valence-corrected chi connectivity index (χ0v) is 14.6. The van der Waals surface area contributed by atoms with Gasteiger partial charge in [-0.15, -0.1) is 16.9 Å². The molecule has 6 nitrogen and oxygen atoms in total. The fraction of sp³-hybridized carbons (Fsp3) is 0.222. The van der Waals surface area contributed by atoms with E-state index in [0.717, 1.165) is 22.7 Å². The summed E-state index contributed by atoms with van der Waals surface area (Å²) in [5.74, 6) is -0.00271.